The lowest BCUT2D eigenvalue weighted by atomic mass is 10.2. The SMILES string of the molecule is COc1cccc(Cn2nc3ccc(S(=O)(=O)N4CCCC4)cn3c2=O)c1. The molecule has 0 radical (unpaired) electrons. The molecule has 8 nitrogen and oxygen atoms in total. The summed E-state index contributed by atoms with van der Waals surface area (Å²) in [6.45, 7) is 1.31. The van der Waals surface area contributed by atoms with Crippen molar-refractivity contribution in [3.63, 3.8) is 0 Å². The smallest absolute Gasteiger partial charge is 0.350 e. The third kappa shape index (κ3) is 3.24. The predicted molar refractivity (Wildman–Crippen MR) is 99.5 cm³/mol. The van der Waals surface area contributed by atoms with E-state index in [2.05, 4.69) is 5.10 Å². The van der Waals surface area contributed by atoms with Crippen LogP contribution in [0.1, 0.15) is 18.4 Å². The maximum absolute atomic E-state index is 12.7. The van der Waals surface area contributed by atoms with Crippen LogP contribution in [0, 0.1) is 0 Å². The fraction of sp³-hybridized carbons (Fsp3) is 0.333. The molecule has 142 valence electrons. The number of nitrogens with zero attached hydrogens (tertiary/aromatic N) is 4. The Hall–Kier alpha value is -2.65. The molecular weight excluding hydrogens is 368 g/mol. The van der Waals surface area contributed by atoms with Crippen molar-refractivity contribution in [2.45, 2.75) is 24.3 Å². The van der Waals surface area contributed by atoms with Crippen molar-refractivity contribution >= 4 is 15.7 Å². The van der Waals surface area contributed by atoms with E-state index in [1.165, 1.54) is 25.7 Å². The van der Waals surface area contributed by atoms with Crippen molar-refractivity contribution in [2.24, 2.45) is 0 Å². The van der Waals surface area contributed by atoms with Gasteiger partial charge in [-0.05, 0) is 42.7 Å². The lowest BCUT2D eigenvalue weighted by molar-refractivity contribution is 0.414. The molecule has 1 saturated heterocycles. The number of sulfonamides is 1. The van der Waals surface area contributed by atoms with Crippen LogP contribution in [0.5, 0.6) is 5.75 Å². The molecule has 1 aromatic carbocycles. The standard InChI is InChI=1S/C18H20N4O4S/c1-26-15-6-4-5-14(11-15)12-22-18(23)21-13-16(7-8-17(21)19-22)27(24,25)20-9-2-3-10-20/h4-8,11,13H,2-3,9-10,12H2,1H3. The molecule has 1 aliphatic heterocycles. The molecule has 0 spiro atoms. The zero-order chi connectivity index (χ0) is 19.0. The summed E-state index contributed by atoms with van der Waals surface area (Å²) >= 11 is 0. The van der Waals surface area contributed by atoms with Gasteiger partial charge < -0.3 is 4.74 Å². The molecule has 0 atom stereocenters. The minimum absolute atomic E-state index is 0.111. The van der Waals surface area contributed by atoms with Crippen LogP contribution in [0.4, 0.5) is 0 Å². The highest BCUT2D eigenvalue weighted by atomic mass is 32.2. The zero-order valence-corrected chi connectivity index (χ0v) is 15.7. The summed E-state index contributed by atoms with van der Waals surface area (Å²) in [6.07, 6.45) is 3.08. The molecule has 1 fully saturated rings. The van der Waals surface area contributed by atoms with Crippen molar-refractivity contribution in [3.05, 3.63) is 58.6 Å². The first-order chi connectivity index (χ1) is 13.0. The van der Waals surface area contributed by atoms with E-state index in [1.54, 1.807) is 13.2 Å². The second-order valence-corrected chi connectivity index (χ2v) is 8.43. The number of hydrogen-bond donors (Lipinski definition) is 0. The minimum Gasteiger partial charge on any atom is -0.497 e. The molecule has 1 aliphatic rings. The van der Waals surface area contributed by atoms with E-state index >= 15 is 0 Å². The Morgan fingerprint density at radius 3 is 2.67 bits per heavy atom. The quantitative estimate of drug-likeness (QED) is 0.658. The van der Waals surface area contributed by atoms with Crippen LogP contribution in [-0.2, 0) is 16.6 Å². The van der Waals surface area contributed by atoms with E-state index in [-0.39, 0.29) is 17.1 Å². The Kier molecular flexibility index (Phi) is 4.48. The van der Waals surface area contributed by atoms with E-state index < -0.39 is 10.0 Å². The molecule has 0 saturated carbocycles. The van der Waals surface area contributed by atoms with E-state index in [0.29, 0.717) is 24.5 Å². The van der Waals surface area contributed by atoms with Gasteiger partial charge in [-0.15, -0.1) is 5.10 Å². The van der Waals surface area contributed by atoms with Crippen LogP contribution in [0.25, 0.3) is 5.65 Å². The third-order valence-electron chi connectivity index (χ3n) is 4.72. The maximum atomic E-state index is 12.7. The summed E-state index contributed by atoms with van der Waals surface area (Å²) < 4.78 is 34.7. The first-order valence-corrected chi connectivity index (χ1v) is 10.2. The van der Waals surface area contributed by atoms with Gasteiger partial charge in [0.25, 0.3) is 0 Å². The molecule has 3 heterocycles. The minimum atomic E-state index is -3.59. The maximum Gasteiger partial charge on any atom is 0.350 e. The topological polar surface area (TPSA) is 85.9 Å². The van der Waals surface area contributed by atoms with Crippen LogP contribution in [0.2, 0.25) is 0 Å². The van der Waals surface area contributed by atoms with Gasteiger partial charge in [0.05, 0.1) is 18.6 Å². The van der Waals surface area contributed by atoms with Gasteiger partial charge in [-0.2, -0.15) is 4.31 Å². The average molecular weight is 388 g/mol. The molecule has 0 bridgehead atoms. The number of benzene rings is 1. The molecule has 0 aliphatic carbocycles. The van der Waals surface area contributed by atoms with Crippen molar-refractivity contribution in [2.75, 3.05) is 20.2 Å². The highest BCUT2D eigenvalue weighted by molar-refractivity contribution is 7.89. The predicted octanol–water partition coefficient (Wildman–Crippen LogP) is 1.34. The number of methoxy groups -OCH3 is 1. The van der Waals surface area contributed by atoms with Crippen LogP contribution in [0.3, 0.4) is 0 Å². The second-order valence-electron chi connectivity index (χ2n) is 6.50. The van der Waals surface area contributed by atoms with Gasteiger partial charge >= 0.3 is 5.69 Å². The van der Waals surface area contributed by atoms with Gasteiger partial charge in [0.15, 0.2) is 5.65 Å². The Morgan fingerprint density at radius 1 is 1.15 bits per heavy atom. The van der Waals surface area contributed by atoms with Gasteiger partial charge in [0, 0.05) is 19.3 Å². The number of pyridine rings is 1. The molecule has 3 aromatic rings. The Labute approximate surface area is 156 Å². The van der Waals surface area contributed by atoms with Gasteiger partial charge in [-0.25, -0.2) is 22.3 Å². The van der Waals surface area contributed by atoms with Crippen molar-refractivity contribution in [1.29, 1.82) is 0 Å². The lowest BCUT2D eigenvalue weighted by Crippen LogP contribution is -2.28. The Morgan fingerprint density at radius 2 is 1.93 bits per heavy atom. The summed E-state index contributed by atoms with van der Waals surface area (Å²) in [5.41, 5.74) is 0.888. The number of ether oxygens (including phenoxy) is 1. The number of hydrogen-bond acceptors (Lipinski definition) is 5. The van der Waals surface area contributed by atoms with E-state index in [1.807, 2.05) is 24.3 Å². The van der Waals surface area contributed by atoms with E-state index in [0.717, 1.165) is 18.4 Å². The van der Waals surface area contributed by atoms with Crippen LogP contribution < -0.4 is 10.4 Å². The molecule has 4 rings (SSSR count). The molecule has 0 unspecified atom stereocenters. The normalized spacial score (nSPS) is 15.4. The zero-order valence-electron chi connectivity index (χ0n) is 14.9. The van der Waals surface area contributed by atoms with Gasteiger partial charge in [0.1, 0.15) is 5.75 Å². The third-order valence-corrected chi connectivity index (χ3v) is 6.60. The highest BCUT2D eigenvalue weighted by Gasteiger charge is 2.27. The van der Waals surface area contributed by atoms with E-state index in [4.69, 9.17) is 4.74 Å². The molecule has 2 aromatic heterocycles. The first kappa shape index (κ1) is 17.7. The fourth-order valence-electron chi connectivity index (χ4n) is 3.28. The summed E-state index contributed by atoms with van der Waals surface area (Å²) in [7, 11) is -2.00. The Bertz CT molecular complexity index is 1140. The highest BCUT2D eigenvalue weighted by Crippen LogP contribution is 2.20. The first-order valence-electron chi connectivity index (χ1n) is 8.71. The number of rotatable bonds is 5. The fourth-order valence-corrected chi connectivity index (χ4v) is 4.79. The molecule has 0 N–H and O–H groups in total. The Balaban J connectivity index is 1.71. The van der Waals surface area contributed by atoms with Crippen LogP contribution in [-0.4, -0.2) is 47.1 Å². The molecular formula is C18H20N4O4S. The lowest BCUT2D eigenvalue weighted by Gasteiger charge is -2.15. The molecule has 0 amide bonds. The van der Waals surface area contributed by atoms with Crippen molar-refractivity contribution in [3.8, 4) is 5.75 Å². The van der Waals surface area contributed by atoms with Crippen molar-refractivity contribution < 1.29 is 13.2 Å². The summed E-state index contributed by atoms with van der Waals surface area (Å²) in [4.78, 5) is 12.8. The monoisotopic (exact) mass is 388 g/mol. The van der Waals surface area contributed by atoms with Gasteiger partial charge in [-0.3, -0.25) is 0 Å². The summed E-state index contributed by atoms with van der Waals surface area (Å²) in [5.74, 6) is 0.698. The van der Waals surface area contributed by atoms with Crippen molar-refractivity contribution in [1.82, 2.24) is 18.5 Å². The van der Waals surface area contributed by atoms with Crippen LogP contribution >= 0.6 is 0 Å². The number of fused-ring (bicyclic) bond motifs is 1. The molecule has 27 heavy (non-hydrogen) atoms. The van der Waals surface area contributed by atoms with Gasteiger partial charge in [-0.1, -0.05) is 12.1 Å². The molecule has 9 heteroatoms. The van der Waals surface area contributed by atoms with Crippen LogP contribution in [0.15, 0.2) is 52.3 Å². The second kappa shape index (κ2) is 6.82. The largest absolute Gasteiger partial charge is 0.497 e. The number of aromatic nitrogens is 3. The summed E-state index contributed by atoms with van der Waals surface area (Å²) in [6, 6.07) is 10.4. The summed E-state index contributed by atoms with van der Waals surface area (Å²) in [5, 5.41) is 4.30. The average Bonchev–Trinajstić information content (AvgIpc) is 3.31. The van der Waals surface area contributed by atoms with E-state index in [9.17, 15) is 13.2 Å². The van der Waals surface area contributed by atoms with Gasteiger partial charge in [0.2, 0.25) is 10.0 Å².